The normalized spacial score (nSPS) is 12.6. The Morgan fingerprint density at radius 3 is 2.65 bits per heavy atom. The first kappa shape index (κ1) is 14.5. The van der Waals surface area contributed by atoms with Crippen molar-refractivity contribution in [1.29, 1.82) is 0 Å². The van der Waals surface area contributed by atoms with Gasteiger partial charge >= 0.3 is 0 Å². The van der Waals surface area contributed by atoms with Gasteiger partial charge in [-0.15, -0.1) is 0 Å². The van der Waals surface area contributed by atoms with Gasteiger partial charge in [0.15, 0.2) is 0 Å². The first-order valence-electron chi connectivity index (χ1n) is 5.66. The highest BCUT2D eigenvalue weighted by atomic mass is 79.9. The van der Waals surface area contributed by atoms with Crippen molar-refractivity contribution in [1.82, 2.24) is 5.32 Å². The topological polar surface area (TPSA) is 29.1 Å². The summed E-state index contributed by atoms with van der Waals surface area (Å²) in [5, 5.41) is 3.53. The van der Waals surface area contributed by atoms with Gasteiger partial charge in [-0.05, 0) is 53.4 Å². The van der Waals surface area contributed by atoms with E-state index >= 15 is 0 Å². The molecule has 0 aromatic heterocycles. The molecule has 0 spiro atoms. The summed E-state index contributed by atoms with van der Waals surface area (Å²) in [4.78, 5) is 12.0. The average molecular weight is 319 g/mol. The van der Waals surface area contributed by atoms with Crippen LogP contribution in [0, 0.1) is 5.92 Å². The van der Waals surface area contributed by atoms with Crippen LogP contribution in [0.4, 0.5) is 0 Å². The molecule has 1 aromatic carbocycles. The maximum Gasteiger partial charge on any atom is 0.252 e. The van der Waals surface area contributed by atoms with Crippen molar-refractivity contribution in [3.63, 3.8) is 0 Å². The van der Waals surface area contributed by atoms with Crippen molar-refractivity contribution in [2.75, 3.05) is 0 Å². The molecule has 1 unspecified atom stereocenters. The van der Waals surface area contributed by atoms with Crippen LogP contribution in [0.25, 0.3) is 0 Å². The van der Waals surface area contributed by atoms with E-state index in [0.29, 0.717) is 16.5 Å². The Labute approximate surface area is 116 Å². The van der Waals surface area contributed by atoms with Crippen molar-refractivity contribution < 1.29 is 4.79 Å². The van der Waals surface area contributed by atoms with Crippen LogP contribution in [0.15, 0.2) is 22.7 Å². The Morgan fingerprint density at radius 2 is 2.06 bits per heavy atom. The average Bonchev–Trinajstić information content (AvgIpc) is 2.20. The van der Waals surface area contributed by atoms with Gasteiger partial charge in [0.25, 0.3) is 5.91 Å². The van der Waals surface area contributed by atoms with E-state index in [4.69, 9.17) is 11.6 Å². The second-order valence-electron chi connectivity index (χ2n) is 4.63. The fourth-order valence-electron chi connectivity index (χ4n) is 1.74. The number of amides is 1. The molecule has 4 heteroatoms. The molecule has 1 aromatic rings. The Balaban J connectivity index is 2.73. The summed E-state index contributed by atoms with van der Waals surface area (Å²) in [5.41, 5.74) is 0.577. The maximum absolute atomic E-state index is 12.0. The van der Waals surface area contributed by atoms with Crippen LogP contribution >= 0.6 is 27.5 Å². The highest BCUT2D eigenvalue weighted by molar-refractivity contribution is 9.10. The van der Waals surface area contributed by atoms with Gasteiger partial charge < -0.3 is 5.32 Å². The monoisotopic (exact) mass is 317 g/mol. The van der Waals surface area contributed by atoms with Crippen LogP contribution in [-0.2, 0) is 0 Å². The third kappa shape index (κ3) is 4.68. The molecule has 0 saturated heterocycles. The first-order chi connectivity index (χ1) is 7.90. The largest absolute Gasteiger partial charge is 0.350 e. The van der Waals surface area contributed by atoms with Crippen molar-refractivity contribution in [3.8, 4) is 0 Å². The number of hydrogen-bond donors (Lipinski definition) is 1. The van der Waals surface area contributed by atoms with Gasteiger partial charge in [0.05, 0.1) is 5.56 Å². The summed E-state index contributed by atoms with van der Waals surface area (Å²) in [5.74, 6) is 0.473. The molecule has 0 aliphatic carbocycles. The van der Waals surface area contributed by atoms with E-state index in [1.165, 1.54) is 0 Å². The summed E-state index contributed by atoms with van der Waals surface area (Å²) in [6.07, 6.45) is 0.962. The Bertz CT molecular complexity index is 406. The van der Waals surface area contributed by atoms with E-state index in [2.05, 4.69) is 35.1 Å². The minimum atomic E-state index is -0.0903. The standard InChI is InChI=1S/C13H17BrClNO/c1-8(2)6-9(3)16-13(17)11-7-10(15)4-5-12(11)14/h4-5,7-9H,6H2,1-3H3,(H,16,17). The maximum atomic E-state index is 12.0. The summed E-state index contributed by atoms with van der Waals surface area (Å²) in [6.45, 7) is 6.28. The molecule has 17 heavy (non-hydrogen) atoms. The predicted molar refractivity (Wildman–Crippen MR) is 75.5 cm³/mol. The number of halogens is 2. The quantitative estimate of drug-likeness (QED) is 0.882. The number of nitrogens with one attached hydrogen (secondary N) is 1. The highest BCUT2D eigenvalue weighted by Crippen LogP contribution is 2.21. The summed E-state index contributed by atoms with van der Waals surface area (Å²) in [7, 11) is 0. The number of carbonyl (C=O) groups excluding carboxylic acids is 1. The molecule has 1 amide bonds. The molecule has 0 heterocycles. The molecule has 1 N–H and O–H groups in total. The van der Waals surface area contributed by atoms with E-state index in [9.17, 15) is 4.79 Å². The van der Waals surface area contributed by atoms with Gasteiger partial charge in [0.2, 0.25) is 0 Å². The van der Waals surface area contributed by atoms with Gasteiger partial charge in [-0.2, -0.15) is 0 Å². The lowest BCUT2D eigenvalue weighted by molar-refractivity contribution is 0.0935. The van der Waals surface area contributed by atoms with Crippen molar-refractivity contribution >= 4 is 33.4 Å². The van der Waals surface area contributed by atoms with Crippen LogP contribution in [0.2, 0.25) is 5.02 Å². The Morgan fingerprint density at radius 1 is 1.41 bits per heavy atom. The first-order valence-corrected chi connectivity index (χ1v) is 6.83. The van der Waals surface area contributed by atoms with Gasteiger partial charge in [0, 0.05) is 15.5 Å². The van der Waals surface area contributed by atoms with Gasteiger partial charge in [-0.3, -0.25) is 4.79 Å². The second-order valence-corrected chi connectivity index (χ2v) is 5.92. The molecule has 0 radical (unpaired) electrons. The molecule has 0 aliphatic rings. The minimum absolute atomic E-state index is 0.0903. The molecular weight excluding hydrogens is 302 g/mol. The lowest BCUT2D eigenvalue weighted by atomic mass is 10.0. The molecule has 0 aliphatic heterocycles. The Hall–Kier alpha value is -0.540. The zero-order chi connectivity index (χ0) is 13.0. The minimum Gasteiger partial charge on any atom is -0.350 e. The third-order valence-electron chi connectivity index (χ3n) is 2.38. The Kier molecular flexibility index (Phi) is 5.47. The fraction of sp³-hybridized carbons (Fsp3) is 0.462. The van der Waals surface area contributed by atoms with Gasteiger partial charge in [-0.25, -0.2) is 0 Å². The second kappa shape index (κ2) is 6.41. The third-order valence-corrected chi connectivity index (χ3v) is 3.30. The van der Waals surface area contributed by atoms with Crippen LogP contribution in [0.1, 0.15) is 37.6 Å². The molecule has 2 nitrogen and oxygen atoms in total. The highest BCUT2D eigenvalue weighted by Gasteiger charge is 2.14. The number of hydrogen-bond acceptors (Lipinski definition) is 1. The summed E-state index contributed by atoms with van der Waals surface area (Å²) < 4.78 is 0.760. The SMILES string of the molecule is CC(C)CC(C)NC(=O)c1cc(Cl)ccc1Br. The molecule has 1 rings (SSSR count). The van der Waals surface area contributed by atoms with Crippen molar-refractivity contribution in [2.45, 2.75) is 33.2 Å². The number of benzene rings is 1. The van der Waals surface area contributed by atoms with Crippen LogP contribution in [0.5, 0.6) is 0 Å². The lowest BCUT2D eigenvalue weighted by Gasteiger charge is -2.16. The zero-order valence-corrected chi connectivity index (χ0v) is 12.6. The molecule has 0 bridgehead atoms. The zero-order valence-electron chi connectivity index (χ0n) is 10.3. The smallest absolute Gasteiger partial charge is 0.252 e. The van der Waals surface area contributed by atoms with E-state index in [1.807, 2.05) is 6.92 Å². The molecule has 0 fully saturated rings. The van der Waals surface area contributed by atoms with E-state index in [1.54, 1.807) is 18.2 Å². The molecule has 0 saturated carbocycles. The number of rotatable bonds is 4. The molecule has 94 valence electrons. The summed E-state index contributed by atoms with van der Waals surface area (Å²) in [6, 6.07) is 5.36. The van der Waals surface area contributed by atoms with Gasteiger partial charge in [0.1, 0.15) is 0 Å². The molecular formula is C13H17BrClNO. The van der Waals surface area contributed by atoms with Crippen LogP contribution in [0.3, 0.4) is 0 Å². The van der Waals surface area contributed by atoms with Crippen molar-refractivity contribution in [3.05, 3.63) is 33.3 Å². The van der Waals surface area contributed by atoms with E-state index < -0.39 is 0 Å². The molecule has 1 atom stereocenters. The fourth-order valence-corrected chi connectivity index (χ4v) is 2.34. The van der Waals surface area contributed by atoms with E-state index in [0.717, 1.165) is 10.9 Å². The van der Waals surface area contributed by atoms with Crippen molar-refractivity contribution in [2.24, 2.45) is 5.92 Å². The van der Waals surface area contributed by atoms with Gasteiger partial charge in [-0.1, -0.05) is 25.4 Å². The van der Waals surface area contributed by atoms with E-state index in [-0.39, 0.29) is 11.9 Å². The summed E-state index contributed by atoms with van der Waals surface area (Å²) >= 11 is 9.23. The predicted octanol–water partition coefficient (Wildman–Crippen LogP) is 4.27. The lowest BCUT2D eigenvalue weighted by Crippen LogP contribution is -2.33. The van der Waals surface area contributed by atoms with Crippen LogP contribution in [-0.4, -0.2) is 11.9 Å². The van der Waals surface area contributed by atoms with Crippen LogP contribution < -0.4 is 5.32 Å². The number of carbonyl (C=O) groups is 1.